The third kappa shape index (κ3) is 2.58. The van der Waals surface area contributed by atoms with Crippen molar-refractivity contribution < 1.29 is 9.53 Å². The summed E-state index contributed by atoms with van der Waals surface area (Å²) in [5.41, 5.74) is -0.676. The fourth-order valence-electron chi connectivity index (χ4n) is 0.962. The molecule has 0 bridgehead atoms. The Bertz CT molecular complexity index is 431. The van der Waals surface area contributed by atoms with E-state index in [-0.39, 0.29) is 12.8 Å². The van der Waals surface area contributed by atoms with E-state index in [2.05, 4.69) is 14.7 Å². The molecule has 0 amide bonds. The van der Waals surface area contributed by atoms with E-state index in [9.17, 15) is 14.4 Å². The lowest BCUT2D eigenvalue weighted by atomic mass is 10.2. The van der Waals surface area contributed by atoms with Crippen LogP contribution in [0.3, 0.4) is 0 Å². The summed E-state index contributed by atoms with van der Waals surface area (Å²) in [5, 5.41) is 0. The van der Waals surface area contributed by atoms with Crippen LogP contribution in [0.2, 0.25) is 0 Å². The first-order chi connectivity index (χ1) is 6.63. The molecule has 6 heteroatoms. The molecular formula is C8H10N2O4. The summed E-state index contributed by atoms with van der Waals surface area (Å²) < 4.78 is 4.41. The lowest BCUT2D eigenvalue weighted by Gasteiger charge is -1.98. The summed E-state index contributed by atoms with van der Waals surface area (Å²) in [5.74, 6) is -0.393. The van der Waals surface area contributed by atoms with Crippen LogP contribution in [0.4, 0.5) is 0 Å². The van der Waals surface area contributed by atoms with Crippen molar-refractivity contribution in [2.24, 2.45) is 0 Å². The number of rotatable bonds is 3. The molecule has 2 N–H and O–H groups in total. The first-order valence-corrected chi connectivity index (χ1v) is 4.01. The molecule has 0 atom stereocenters. The molecule has 1 aromatic rings. The van der Waals surface area contributed by atoms with Crippen LogP contribution >= 0.6 is 0 Å². The average Bonchev–Trinajstić information content (AvgIpc) is 2.16. The van der Waals surface area contributed by atoms with Crippen LogP contribution in [0.5, 0.6) is 0 Å². The first-order valence-electron chi connectivity index (χ1n) is 4.01. The SMILES string of the molecule is COC(=O)CCc1c[nH]c(=O)[nH]c1=O. The van der Waals surface area contributed by atoms with E-state index in [1.54, 1.807) is 0 Å². The zero-order valence-corrected chi connectivity index (χ0v) is 7.62. The number of ether oxygens (including phenoxy) is 1. The molecule has 0 saturated heterocycles. The Morgan fingerprint density at radius 3 is 2.79 bits per heavy atom. The number of esters is 1. The van der Waals surface area contributed by atoms with Crippen molar-refractivity contribution in [3.63, 3.8) is 0 Å². The maximum atomic E-state index is 11.1. The molecule has 0 unspecified atom stereocenters. The van der Waals surface area contributed by atoms with Crippen LogP contribution < -0.4 is 11.2 Å². The molecule has 6 nitrogen and oxygen atoms in total. The topological polar surface area (TPSA) is 92.0 Å². The molecular weight excluding hydrogens is 188 g/mol. The van der Waals surface area contributed by atoms with E-state index in [4.69, 9.17) is 0 Å². The highest BCUT2D eigenvalue weighted by Gasteiger charge is 2.04. The fourth-order valence-corrected chi connectivity index (χ4v) is 0.962. The van der Waals surface area contributed by atoms with E-state index in [1.807, 2.05) is 0 Å². The lowest BCUT2D eigenvalue weighted by molar-refractivity contribution is -0.140. The van der Waals surface area contributed by atoms with Crippen LogP contribution in [0.25, 0.3) is 0 Å². The van der Waals surface area contributed by atoms with Crippen molar-refractivity contribution in [1.82, 2.24) is 9.97 Å². The molecule has 1 aromatic heterocycles. The summed E-state index contributed by atoms with van der Waals surface area (Å²) in [6, 6.07) is 0. The highest BCUT2D eigenvalue weighted by Crippen LogP contribution is 1.94. The summed E-state index contributed by atoms with van der Waals surface area (Å²) in [6.07, 6.45) is 1.66. The molecule has 76 valence electrons. The van der Waals surface area contributed by atoms with Gasteiger partial charge in [0.25, 0.3) is 5.56 Å². The molecule has 0 radical (unpaired) electrons. The number of carbonyl (C=O) groups excluding carboxylic acids is 1. The van der Waals surface area contributed by atoms with Crippen molar-refractivity contribution >= 4 is 5.97 Å². The van der Waals surface area contributed by atoms with Crippen LogP contribution in [-0.2, 0) is 16.0 Å². The largest absolute Gasteiger partial charge is 0.469 e. The predicted octanol–water partition coefficient (Wildman–Crippen LogP) is -0.831. The van der Waals surface area contributed by atoms with Gasteiger partial charge in [0.1, 0.15) is 0 Å². The second-order valence-corrected chi connectivity index (χ2v) is 2.67. The van der Waals surface area contributed by atoms with E-state index in [0.29, 0.717) is 5.56 Å². The molecule has 0 aliphatic heterocycles. The standard InChI is InChI=1S/C8H10N2O4/c1-14-6(11)3-2-5-4-9-8(13)10-7(5)12/h4H,2-3H2,1H3,(H2,9,10,12,13). The van der Waals surface area contributed by atoms with Gasteiger partial charge in [-0.2, -0.15) is 0 Å². The number of aromatic nitrogens is 2. The number of H-pyrrole nitrogens is 2. The maximum absolute atomic E-state index is 11.1. The molecule has 0 aromatic carbocycles. The zero-order chi connectivity index (χ0) is 10.6. The highest BCUT2D eigenvalue weighted by molar-refractivity contribution is 5.69. The van der Waals surface area contributed by atoms with Crippen molar-refractivity contribution in [3.05, 3.63) is 32.6 Å². The molecule has 0 saturated carbocycles. The fraction of sp³-hybridized carbons (Fsp3) is 0.375. The van der Waals surface area contributed by atoms with Crippen molar-refractivity contribution in [3.8, 4) is 0 Å². The third-order valence-electron chi connectivity index (χ3n) is 1.72. The Kier molecular flexibility index (Phi) is 3.22. The molecule has 0 spiro atoms. The number of nitrogens with one attached hydrogen (secondary N) is 2. The van der Waals surface area contributed by atoms with Crippen LogP contribution in [0, 0.1) is 0 Å². The van der Waals surface area contributed by atoms with E-state index >= 15 is 0 Å². The monoisotopic (exact) mass is 198 g/mol. The van der Waals surface area contributed by atoms with Crippen LogP contribution in [0.1, 0.15) is 12.0 Å². The Labute approximate surface area is 78.9 Å². The van der Waals surface area contributed by atoms with E-state index < -0.39 is 17.2 Å². The normalized spacial score (nSPS) is 9.79. The number of aromatic amines is 2. The zero-order valence-electron chi connectivity index (χ0n) is 7.62. The van der Waals surface area contributed by atoms with Gasteiger partial charge in [0.15, 0.2) is 0 Å². The second-order valence-electron chi connectivity index (χ2n) is 2.67. The van der Waals surface area contributed by atoms with Gasteiger partial charge in [-0.05, 0) is 6.42 Å². The molecule has 14 heavy (non-hydrogen) atoms. The quantitative estimate of drug-likeness (QED) is 0.620. The molecule has 0 aliphatic carbocycles. The van der Waals surface area contributed by atoms with Crippen molar-refractivity contribution in [2.45, 2.75) is 12.8 Å². The minimum atomic E-state index is -0.559. The van der Waals surface area contributed by atoms with Crippen LogP contribution in [-0.4, -0.2) is 23.0 Å². The maximum Gasteiger partial charge on any atom is 0.325 e. The molecule has 1 rings (SSSR count). The van der Waals surface area contributed by atoms with Crippen LogP contribution in [0.15, 0.2) is 15.8 Å². The summed E-state index contributed by atoms with van der Waals surface area (Å²) in [6.45, 7) is 0. The summed E-state index contributed by atoms with van der Waals surface area (Å²) in [4.78, 5) is 36.9. The van der Waals surface area contributed by atoms with E-state index in [1.165, 1.54) is 13.3 Å². The Morgan fingerprint density at radius 1 is 1.50 bits per heavy atom. The number of hydrogen-bond donors (Lipinski definition) is 2. The van der Waals surface area contributed by atoms with Crippen molar-refractivity contribution in [2.75, 3.05) is 7.11 Å². The first kappa shape index (κ1) is 10.2. The van der Waals surface area contributed by atoms with Gasteiger partial charge in [-0.1, -0.05) is 0 Å². The van der Waals surface area contributed by atoms with Gasteiger partial charge in [0, 0.05) is 18.2 Å². The van der Waals surface area contributed by atoms with E-state index in [0.717, 1.165) is 0 Å². The number of aryl methyl sites for hydroxylation is 1. The molecule has 1 heterocycles. The highest BCUT2D eigenvalue weighted by atomic mass is 16.5. The van der Waals surface area contributed by atoms with Gasteiger partial charge in [0.2, 0.25) is 0 Å². The predicted molar refractivity (Wildman–Crippen MR) is 48.0 cm³/mol. The molecule has 0 fully saturated rings. The molecule has 0 aliphatic rings. The van der Waals surface area contributed by atoms with Crippen molar-refractivity contribution in [1.29, 1.82) is 0 Å². The lowest BCUT2D eigenvalue weighted by Crippen LogP contribution is -2.24. The average molecular weight is 198 g/mol. The van der Waals surface area contributed by atoms with Gasteiger partial charge < -0.3 is 9.72 Å². The Balaban J connectivity index is 2.73. The Morgan fingerprint density at radius 2 is 2.21 bits per heavy atom. The van der Waals surface area contributed by atoms with Gasteiger partial charge in [-0.15, -0.1) is 0 Å². The minimum absolute atomic E-state index is 0.117. The number of carbonyl (C=O) groups is 1. The minimum Gasteiger partial charge on any atom is -0.469 e. The summed E-state index contributed by atoms with van der Waals surface area (Å²) in [7, 11) is 1.28. The smallest absolute Gasteiger partial charge is 0.325 e. The van der Waals surface area contributed by atoms with Gasteiger partial charge in [0.05, 0.1) is 7.11 Å². The second kappa shape index (κ2) is 4.40. The Hall–Kier alpha value is -1.85. The number of methoxy groups -OCH3 is 1. The summed E-state index contributed by atoms with van der Waals surface area (Å²) >= 11 is 0. The van der Waals surface area contributed by atoms with Gasteiger partial charge >= 0.3 is 11.7 Å². The van der Waals surface area contributed by atoms with Gasteiger partial charge in [-0.3, -0.25) is 14.6 Å². The third-order valence-corrected chi connectivity index (χ3v) is 1.72. The van der Waals surface area contributed by atoms with Gasteiger partial charge in [-0.25, -0.2) is 4.79 Å². The number of hydrogen-bond acceptors (Lipinski definition) is 4.